The number of rotatable bonds is 8. The quantitative estimate of drug-likeness (QED) is 0.738. The van der Waals surface area contributed by atoms with Crippen LogP contribution in [0.2, 0.25) is 0 Å². The van der Waals surface area contributed by atoms with Gasteiger partial charge in [0.05, 0.1) is 0 Å². The zero-order valence-electron chi connectivity index (χ0n) is 12.6. The van der Waals surface area contributed by atoms with E-state index >= 15 is 0 Å². The number of likely N-dealkylation sites (N-methyl/N-ethyl adjacent to an activating group) is 1. The molecule has 0 heterocycles. The molecule has 0 saturated heterocycles. The van der Waals surface area contributed by atoms with Crippen LogP contribution in [-0.2, 0) is 11.2 Å². The van der Waals surface area contributed by atoms with Gasteiger partial charge in [-0.25, -0.2) is 0 Å². The second-order valence-electron chi connectivity index (χ2n) is 5.17. The smallest absolute Gasteiger partial charge is 0.0466 e. The van der Waals surface area contributed by atoms with Crippen LogP contribution in [0.25, 0.3) is 10.8 Å². The fourth-order valence-electron chi connectivity index (χ4n) is 2.66. The van der Waals surface area contributed by atoms with Crippen LogP contribution < -0.4 is 5.32 Å². The van der Waals surface area contributed by atoms with E-state index in [2.05, 4.69) is 54.8 Å². The van der Waals surface area contributed by atoms with Gasteiger partial charge in [-0.2, -0.15) is 0 Å². The van der Waals surface area contributed by atoms with Crippen LogP contribution in [0.1, 0.15) is 25.3 Å². The number of hydrogen-bond acceptors (Lipinski definition) is 2. The molecule has 0 aromatic heterocycles. The molecule has 0 saturated carbocycles. The molecule has 2 aromatic rings. The zero-order valence-corrected chi connectivity index (χ0v) is 12.6. The molecule has 0 amide bonds. The molecule has 1 N–H and O–H groups in total. The predicted octanol–water partition coefficient (Wildman–Crippen LogP) is 3.79. The third-order valence-electron chi connectivity index (χ3n) is 3.80. The molecule has 2 rings (SSSR count). The third-order valence-corrected chi connectivity index (χ3v) is 3.80. The Kier molecular flexibility index (Phi) is 6.03. The highest BCUT2D eigenvalue weighted by Gasteiger charge is 2.09. The van der Waals surface area contributed by atoms with E-state index < -0.39 is 0 Å². The summed E-state index contributed by atoms with van der Waals surface area (Å²) >= 11 is 0. The van der Waals surface area contributed by atoms with Gasteiger partial charge in [0, 0.05) is 19.3 Å². The molecule has 0 fully saturated rings. The highest BCUT2D eigenvalue weighted by Crippen LogP contribution is 2.20. The monoisotopic (exact) mass is 271 g/mol. The van der Waals surface area contributed by atoms with Gasteiger partial charge in [0.1, 0.15) is 0 Å². The van der Waals surface area contributed by atoms with Crippen LogP contribution in [0, 0.1) is 0 Å². The summed E-state index contributed by atoms with van der Waals surface area (Å²) in [6.07, 6.45) is 3.34. The topological polar surface area (TPSA) is 21.3 Å². The first-order chi connectivity index (χ1) is 9.85. The molecule has 0 bridgehead atoms. The summed E-state index contributed by atoms with van der Waals surface area (Å²) in [4.78, 5) is 0. The average Bonchev–Trinajstić information content (AvgIpc) is 2.50. The first-order valence-electron chi connectivity index (χ1n) is 7.56. The fourth-order valence-corrected chi connectivity index (χ4v) is 2.66. The third kappa shape index (κ3) is 4.06. The molecule has 1 atom stereocenters. The highest BCUT2D eigenvalue weighted by molar-refractivity contribution is 5.85. The van der Waals surface area contributed by atoms with Gasteiger partial charge < -0.3 is 10.1 Å². The van der Waals surface area contributed by atoms with E-state index in [0.717, 1.165) is 32.5 Å². The van der Waals surface area contributed by atoms with E-state index in [-0.39, 0.29) is 0 Å². The van der Waals surface area contributed by atoms with Crippen molar-refractivity contribution < 1.29 is 4.74 Å². The van der Waals surface area contributed by atoms with Gasteiger partial charge in [-0.3, -0.25) is 0 Å². The van der Waals surface area contributed by atoms with Crippen LogP contribution in [-0.4, -0.2) is 26.3 Å². The van der Waals surface area contributed by atoms with Gasteiger partial charge in [-0.15, -0.1) is 0 Å². The van der Waals surface area contributed by atoms with E-state index in [1.807, 2.05) is 6.92 Å². The molecule has 20 heavy (non-hydrogen) atoms. The normalized spacial score (nSPS) is 12.7. The summed E-state index contributed by atoms with van der Waals surface area (Å²) < 4.78 is 5.42. The van der Waals surface area contributed by atoms with Gasteiger partial charge in [0.15, 0.2) is 0 Å². The Hall–Kier alpha value is -1.38. The van der Waals surface area contributed by atoms with Crippen LogP contribution in [0.3, 0.4) is 0 Å². The van der Waals surface area contributed by atoms with E-state index in [1.54, 1.807) is 0 Å². The molecule has 2 nitrogen and oxygen atoms in total. The van der Waals surface area contributed by atoms with Crippen LogP contribution in [0.5, 0.6) is 0 Å². The van der Waals surface area contributed by atoms with Crippen molar-refractivity contribution in [3.63, 3.8) is 0 Å². The number of hydrogen-bond donors (Lipinski definition) is 1. The standard InChI is InChI=1S/C18H25NO/c1-3-20-13-7-11-17(19-2)14-16-10-6-9-15-8-4-5-12-18(15)16/h4-6,8-10,12,17,19H,3,7,11,13-14H2,1-2H3. The van der Waals surface area contributed by atoms with Crippen molar-refractivity contribution in [3.05, 3.63) is 48.0 Å². The Morgan fingerprint density at radius 3 is 2.70 bits per heavy atom. The first-order valence-corrected chi connectivity index (χ1v) is 7.56. The average molecular weight is 271 g/mol. The SMILES string of the molecule is CCOCCCC(Cc1cccc2ccccc12)NC. The van der Waals surface area contributed by atoms with Gasteiger partial charge in [-0.05, 0) is 49.6 Å². The lowest BCUT2D eigenvalue weighted by Crippen LogP contribution is -2.28. The largest absolute Gasteiger partial charge is 0.382 e. The van der Waals surface area contributed by atoms with Crippen molar-refractivity contribution in [2.75, 3.05) is 20.3 Å². The minimum atomic E-state index is 0.515. The summed E-state index contributed by atoms with van der Waals surface area (Å²) in [7, 11) is 2.05. The van der Waals surface area contributed by atoms with Gasteiger partial charge in [-0.1, -0.05) is 42.5 Å². The molecule has 2 heteroatoms. The molecular weight excluding hydrogens is 246 g/mol. The van der Waals surface area contributed by atoms with E-state index in [9.17, 15) is 0 Å². The van der Waals surface area contributed by atoms with Gasteiger partial charge in [0.2, 0.25) is 0 Å². The van der Waals surface area contributed by atoms with Crippen molar-refractivity contribution in [2.45, 2.75) is 32.2 Å². The van der Waals surface area contributed by atoms with Crippen LogP contribution >= 0.6 is 0 Å². The lowest BCUT2D eigenvalue weighted by molar-refractivity contribution is 0.141. The Labute approximate surface area is 122 Å². The fraction of sp³-hybridized carbons (Fsp3) is 0.444. The second-order valence-corrected chi connectivity index (χ2v) is 5.17. The zero-order chi connectivity index (χ0) is 14.2. The molecule has 0 aliphatic carbocycles. The molecule has 0 aliphatic rings. The molecule has 1 unspecified atom stereocenters. The van der Waals surface area contributed by atoms with Crippen LogP contribution in [0.4, 0.5) is 0 Å². The number of nitrogens with one attached hydrogen (secondary N) is 1. The lowest BCUT2D eigenvalue weighted by Gasteiger charge is -2.17. The minimum absolute atomic E-state index is 0.515. The Morgan fingerprint density at radius 2 is 1.90 bits per heavy atom. The van der Waals surface area contributed by atoms with E-state index in [0.29, 0.717) is 6.04 Å². The molecule has 0 spiro atoms. The maximum Gasteiger partial charge on any atom is 0.0466 e. The summed E-state index contributed by atoms with van der Waals surface area (Å²) in [6.45, 7) is 3.73. The van der Waals surface area contributed by atoms with Gasteiger partial charge >= 0.3 is 0 Å². The van der Waals surface area contributed by atoms with E-state index in [4.69, 9.17) is 4.74 Å². The molecule has 108 valence electrons. The van der Waals surface area contributed by atoms with Crippen molar-refractivity contribution in [1.82, 2.24) is 5.32 Å². The summed E-state index contributed by atoms with van der Waals surface area (Å²) in [5.41, 5.74) is 1.43. The van der Waals surface area contributed by atoms with Crippen LogP contribution in [0.15, 0.2) is 42.5 Å². The predicted molar refractivity (Wildman–Crippen MR) is 86.2 cm³/mol. The number of benzene rings is 2. The van der Waals surface area contributed by atoms with Crippen molar-refractivity contribution >= 4 is 10.8 Å². The minimum Gasteiger partial charge on any atom is -0.382 e. The van der Waals surface area contributed by atoms with Gasteiger partial charge in [0.25, 0.3) is 0 Å². The summed E-state index contributed by atoms with van der Waals surface area (Å²) in [6, 6.07) is 15.7. The molecule has 0 radical (unpaired) electrons. The molecule has 0 aliphatic heterocycles. The Morgan fingerprint density at radius 1 is 1.10 bits per heavy atom. The highest BCUT2D eigenvalue weighted by atomic mass is 16.5. The van der Waals surface area contributed by atoms with Crippen molar-refractivity contribution in [2.24, 2.45) is 0 Å². The second kappa shape index (κ2) is 8.03. The summed E-state index contributed by atoms with van der Waals surface area (Å²) in [5, 5.41) is 6.14. The molecule has 2 aromatic carbocycles. The summed E-state index contributed by atoms with van der Waals surface area (Å²) in [5.74, 6) is 0. The van der Waals surface area contributed by atoms with Crippen molar-refractivity contribution in [1.29, 1.82) is 0 Å². The Bertz CT molecular complexity index is 518. The number of fused-ring (bicyclic) bond motifs is 1. The Balaban J connectivity index is 2.02. The first kappa shape index (κ1) is 15.0. The van der Waals surface area contributed by atoms with Crippen molar-refractivity contribution in [3.8, 4) is 0 Å². The maximum atomic E-state index is 5.42. The molecular formula is C18H25NO. The number of ether oxygens (including phenoxy) is 1. The van der Waals surface area contributed by atoms with E-state index in [1.165, 1.54) is 16.3 Å². The lowest BCUT2D eigenvalue weighted by atomic mass is 9.97. The maximum absolute atomic E-state index is 5.42.